The topological polar surface area (TPSA) is 65.0 Å². The van der Waals surface area contributed by atoms with E-state index in [4.69, 9.17) is 19.3 Å². The average Bonchev–Trinajstić information content (AvgIpc) is 3.13. The maximum Gasteiger partial charge on any atom is 0.328 e. The first-order valence-electron chi connectivity index (χ1n) is 6.70. The summed E-state index contributed by atoms with van der Waals surface area (Å²) in [7, 11) is 0. The third-order valence-electron chi connectivity index (χ3n) is 3.39. The minimum Gasteiger partial charge on any atom is -0.493 e. The molecule has 3 rings (SSSR count). The molecule has 0 spiro atoms. The van der Waals surface area contributed by atoms with E-state index in [9.17, 15) is 4.79 Å². The summed E-state index contributed by atoms with van der Waals surface area (Å²) in [5, 5.41) is 8.73. The molecule has 0 aromatic heterocycles. The molecule has 5 nitrogen and oxygen atoms in total. The maximum absolute atomic E-state index is 10.6. The zero-order valence-electron chi connectivity index (χ0n) is 11.0. The van der Waals surface area contributed by atoms with Crippen LogP contribution in [0.4, 0.5) is 0 Å². The van der Waals surface area contributed by atoms with Crippen molar-refractivity contribution >= 4 is 12.0 Å². The summed E-state index contributed by atoms with van der Waals surface area (Å²) in [5.74, 6) is 1.68. The van der Waals surface area contributed by atoms with Crippen LogP contribution in [0.2, 0.25) is 0 Å². The largest absolute Gasteiger partial charge is 0.493 e. The van der Waals surface area contributed by atoms with Crippen molar-refractivity contribution in [2.24, 2.45) is 5.92 Å². The molecule has 0 unspecified atom stereocenters. The van der Waals surface area contributed by atoms with Gasteiger partial charge in [-0.25, -0.2) is 4.79 Å². The van der Waals surface area contributed by atoms with E-state index in [2.05, 4.69) is 0 Å². The van der Waals surface area contributed by atoms with Gasteiger partial charge in [0.15, 0.2) is 11.5 Å². The second-order valence-corrected chi connectivity index (χ2v) is 5.00. The molecule has 20 heavy (non-hydrogen) atoms. The Hall–Kier alpha value is -2.17. The summed E-state index contributed by atoms with van der Waals surface area (Å²) in [5.41, 5.74) is 0.687. The van der Waals surface area contributed by atoms with Crippen LogP contribution in [-0.2, 0) is 4.79 Å². The van der Waals surface area contributed by atoms with E-state index in [0.717, 1.165) is 18.4 Å². The van der Waals surface area contributed by atoms with Crippen LogP contribution in [0.25, 0.3) is 6.08 Å². The molecular weight excluding hydrogens is 260 g/mol. The van der Waals surface area contributed by atoms with Crippen LogP contribution in [0.15, 0.2) is 18.2 Å². The molecule has 106 valence electrons. The Bertz CT molecular complexity index is 545. The van der Waals surface area contributed by atoms with Gasteiger partial charge in [-0.3, -0.25) is 0 Å². The summed E-state index contributed by atoms with van der Waals surface area (Å²) < 4.78 is 16.4. The van der Waals surface area contributed by atoms with Gasteiger partial charge in [-0.1, -0.05) is 12.8 Å². The fourth-order valence-electron chi connectivity index (χ4n) is 2.10. The lowest BCUT2D eigenvalue weighted by Crippen LogP contribution is -2.00. The minimum atomic E-state index is -0.994. The zero-order valence-corrected chi connectivity index (χ0v) is 11.0. The van der Waals surface area contributed by atoms with Crippen LogP contribution in [0, 0.1) is 5.92 Å². The van der Waals surface area contributed by atoms with E-state index in [1.54, 1.807) is 12.1 Å². The quantitative estimate of drug-likeness (QED) is 0.809. The van der Waals surface area contributed by atoms with Crippen LogP contribution in [0.5, 0.6) is 17.2 Å². The van der Waals surface area contributed by atoms with Crippen molar-refractivity contribution in [2.75, 3.05) is 13.4 Å². The smallest absolute Gasteiger partial charge is 0.328 e. The monoisotopic (exact) mass is 276 g/mol. The van der Waals surface area contributed by atoms with E-state index in [0.29, 0.717) is 29.4 Å². The van der Waals surface area contributed by atoms with Crippen molar-refractivity contribution in [3.8, 4) is 17.2 Å². The Labute approximate surface area is 116 Å². The third-order valence-corrected chi connectivity index (χ3v) is 3.39. The van der Waals surface area contributed by atoms with Crippen LogP contribution < -0.4 is 14.2 Å². The highest BCUT2D eigenvalue weighted by molar-refractivity contribution is 5.86. The number of carboxylic acid groups (broad SMARTS) is 1. The normalized spacial score (nSPS) is 16.6. The van der Waals surface area contributed by atoms with Gasteiger partial charge in [-0.2, -0.15) is 0 Å². The number of benzene rings is 1. The fraction of sp³-hybridized carbons (Fsp3) is 0.400. The van der Waals surface area contributed by atoms with Crippen LogP contribution >= 0.6 is 0 Å². The highest BCUT2D eigenvalue weighted by Crippen LogP contribution is 2.39. The van der Waals surface area contributed by atoms with Gasteiger partial charge in [0.2, 0.25) is 6.79 Å². The van der Waals surface area contributed by atoms with Crippen molar-refractivity contribution in [3.63, 3.8) is 0 Å². The molecule has 1 heterocycles. The molecule has 0 amide bonds. The molecule has 1 aliphatic carbocycles. The van der Waals surface area contributed by atoms with E-state index in [-0.39, 0.29) is 6.79 Å². The summed E-state index contributed by atoms with van der Waals surface area (Å²) in [6.45, 7) is 0.821. The number of carboxylic acids is 1. The third kappa shape index (κ3) is 3.04. The van der Waals surface area contributed by atoms with Gasteiger partial charge in [0.1, 0.15) is 5.75 Å². The molecule has 1 aromatic rings. The standard InChI is InChI=1S/C15H16O5/c16-15(17)4-3-11-7-13-14(20-9-19-13)8-12(11)18-6-5-10-1-2-10/h3-4,7-8,10H,1-2,5-6,9H2,(H,16,17). The molecule has 1 aromatic carbocycles. The lowest BCUT2D eigenvalue weighted by atomic mass is 10.1. The van der Waals surface area contributed by atoms with E-state index in [1.807, 2.05) is 0 Å². The summed E-state index contributed by atoms with van der Waals surface area (Å²) >= 11 is 0. The van der Waals surface area contributed by atoms with Crippen molar-refractivity contribution < 1.29 is 24.1 Å². The molecule has 1 fully saturated rings. The number of ether oxygens (including phenoxy) is 3. The van der Waals surface area contributed by atoms with Gasteiger partial charge < -0.3 is 19.3 Å². The van der Waals surface area contributed by atoms with Crippen molar-refractivity contribution in [2.45, 2.75) is 19.3 Å². The highest BCUT2D eigenvalue weighted by atomic mass is 16.7. The van der Waals surface area contributed by atoms with Crippen LogP contribution in [0.3, 0.4) is 0 Å². The van der Waals surface area contributed by atoms with Gasteiger partial charge in [-0.05, 0) is 24.5 Å². The number of rotatable bonds is 6. The SMILES string of the molecule is O=C(O)C=Cc1cc2c(cc1OCCC1CC1)OCO2. The van der Waals surface area contributed by atoms with Gasteiger partial charge in [0, 0.05) is 17.7 Å². The average molecular weight is 276 g/mol. The first-order valence-corrected chi connectivity index (χ1v) is 6.70. The molecule has 1 aliphatic heterocycles. The minimum absolute atomic E-state index is 0.183. The summed E-state index contributed by atoms with van der Waals surface area (Å²) in [6, 6.07) is 3.50. The summed E-state index contributed by atoms with van der Waals surface area (Å²) in [4.78, 5) is 10.6. The van der Waals surface area contributed by atoms with Gasteiger partial charge in [0.25, 0.3) is 0 Å². The molecular formula is C15H16O5. The van der Waals surface area contributed by atoms with Crippen molar-refractivity contribution in [3.05, 3.63) is 23.8 Å². The number of hydrogen-bond donors (Lipinski definition) is 1. The van der Waals surface area contributed by atoms with Crippen molar-refractivity contribution in [1.29, 1.82) is 0 Å². The Morgan fingerprint density at radius 3 is 2.80 bits per heavy atom. The lowest BCUT2D eigenvalue weighted by molar-refractivity contribution is -0.131. The molecule has 1 saturated carbocycles. The van der Waals surface area contributed by atoms with Crippen LogP contribution in [-0.4, -0.2) is 24.5 Å². The molecule has 0 bridgehead atoms. The van der Waals surface area contributed by atoms with E-state index >= 15 is 0 Å². The number of carbonyl (C=O) groups is 1. The number of hydrogen-bond acceptors (Lipinski definition) is 4. The Morgan fingerprint density at radius 1 is 1.35 bits per heavy atom. The fourth-order valence-corrected chi connectivity index (χ4v) is 2.10. The second kappa shape index (κ2) is 5.45. The second-order valence-electron chi connectivity index (χ2n) is 5.00. The number of aliphatic carboxylic acids is 1. The molecule has 5 heteroatoms. The molecule has 1 N–H and O–H groups in total. The molecule has 0 atom stereocenters. The molecule has 0 saturated heterocycles. The predicted octanol–water partition coefficient (Wildman–Crippen LogP) is 2.69. The van der Waals surface area contributed by atoms with E-state index in [1.165, 1.54) is 18.9 Å². The zero-order chi connectivity index (χ0) is 13.9. The number of fused-ring (bicyclic) bond motifs is 1. The van der Waals surface area contributed by atoms with Crippen molar-refractivity contribution in [1.82, 2.24) is 0 Å². The first kappa shape index (κ1) is 12.8. The Kier molecular flexibility index (Phi) is 3.50. The maximum atomic E-state index is 10.6. The van der Waals surface area contributed by atoms with E-state index < -0.39 is 5.97 Å². The van der Waals surface area contributed by atoms with Crippen LogP contribution in [0.1, 0.15) is 24.8 Å². The lowest BCUT2D eigenvalue weighted by Gasteiger charge is -2.10. The van der Waals surface area contributed by atoms with Gasteiger partial charge in [0.05, 0.1) is 6.61 Å². The molecule has 0 radical (unpaired) electrons. The predicted molar refractivity (Wildman–Crippen MR) is 72.1 cm³/mol. The molecule has 2 aliphatic rings. The summed E-state index contributed by atoms with van der Waals surface area (Å²) in [6.07, 6.45) is 6.21. The van der Waals surface area contributed by atoms with Gasteiger partial charge in [-0.15, -0.1) is 0 Å². The Balaban J connectivity index is 1.78. The first-order chi connectivity index (χ1) is 9.72. The highest BCUT2D eigenvalue weighted by Gasteiger charge is 2.22. The Morgan fingerprint density at radius 2 is 2.10 bits per heavy atom. The van der Waals surface area contributed by atoms with Gasteiger partial charge >= 0.3 is 5.97 Å².